The third-order valence-electron chi connectivity index (χ3n) is 24.4. The summed E-state index contributed by atoms with van der Waals surface area (Å²) in [5, 5.41) is 101. The Balaban J connectivity index is 1.25. The molecule has 0 spiro atoms. The molecule has 4 heterocycles. The molecule has 0 saturated carbocycles. The molecule has 0 aromatic rings. The molecule has 4 fully saturated rings. The topological polar surface area (TPSA) is 507 Å². The number of alkyl carbamates (subject to hydrolysis) is 1. The van der Waals surface area contributed by atoms with Crippen LogP contribution in [0, 0.1) is 23.2 Å². The second-order valence-corrected chi connectivity index (χ2v) is 38.9. The first-order chi connectivity index (χ1) is 62.5. The number of hydrogen-bond donors (Lipinski definition) is 13. The largest absolute Gasteiger partial charge is 0.466 e. The number of carbonyl (C=O) groups excluding carboxylic acids is 9. The summed E-state index contributed by atoms with van der Waals surface area (Å²) in [4.78, 5) is 119. The number of ketones is 2. The van der Waals surface area contributed by atoms with E-state index >= 15 is 0 Å². The summed E-state index contributed by atoms with van der Waals surface area (Å²) >= 11 is 0. The SMILES string of the molecule is COC[C@H]1C[C@H](OC)CN1C(=O)CCCCC(=O)CCC(C)(C)SSCCOCCOCCC(=O)CC(CCCOC(=O)CCCCCCCNC(=O)CCCOC1OC(CO)C(O)C(O)C1C)(CCCOC(=O)CCCCCCCNC(=O)CCCOC1OC(CO)C(O)C(O)C1C)CCCOC(=O)NCCCCCCNC(=O)CCCOC1OC(CO)C(O)C(O)C1C. The Morgan fingerprint density at radius 2 is 0.808 bits per heavy atom. The number of methoxy groups -OCH3 is 2. The van der Waals surface area contributed by atoms with Crippen molar-refractivity contribution in [1.29, 1.82) is 0 Å². The third kappa shape index (κ3) is 49.9. The molecule has 0 aliphatic carbocycles. The molecule has 36 nitrogen and oxygen atoms in total. The van der Waals surface area contributed by atoms with Gasteiger partial charge in [0.05, 0.1) is 123 Å². The molecule has 4 aliphatic rings. The summed E-state index contributed by atoms with van der Waals surface area (Å²) < 4.78 is 73.7. The van der Waals surface area contributed by atoms with Gasteiger partial charge in [-0.3, -0.25) is 38.4 Å². The Hall–Kier alpha value is -4.63. The fourth-order valence-corrected chi connectivity index (χ4v) is 18.6. The van der Waals surface area contributed by atoms with Crippen molar-refractivity contribution in [3.63, 3.8) is 0 Å². The molecule has 38 heteroatoms. The highest BCUT2D eigenvalue weighted by Crippen LogP contribution is 2.41. The van der Waals surface area contributed by atoms with Gasteiger partial charge in [0, 0.05) is 139 Å². The lowest BCUT2D eigenvalue weighted by atomic mass is 9.71. The Morgan fingerprint density at radius 3 is 1.24 bits per heavy atom. The van der Waals surface area contributed by atoms with Crippen molar-refractivity contribution in [3.05, 3.63) is 0 Å². The van der Waals surface area contributed by atoms with Crippen molar-refractivity contribution in [3.8, 4) is 0 Å². The molecule has 0 aromatic heterocycles. The van der Waals surface area contributed by atoms with E-state index in [4.69, 9.17) is 61.6 Å². The van der Waals surface area contributed by atoms with E-state index in [2.05, 4.69) is 35.1 Å². The standard InChI is InChI=1S/C92H165N5O31S2/c1-65-81(109)84(112)72(61-98)126-87(65)122-47-24-31-75(103)93-43-20-12-8-10-16-35-79(107)120-50-27-39-92(40-28-51-121-80(108)36-17-11-9-13-21-44-94-76(104)32-25-48-123-88-66(2)82(110)85(113)73(62-99)127-88,41-29-52-125-90(115)96-46-23-15-14-22-45-95-77(105)33-26-49-124-89-67(3)83(111)86(114)74(63-100)128-89)59-70(102)38-53-118-54-55-119-56-57-129-130-91(4,5)42-37-69(101)30-18-19-34-78(106)97-60-71(117-7)58-68(97)64-116-6/h65-68,71-74,81-89,98-100,109-114H,8-64H2,1-7H3,(H,93,103)(H,94,104)(H,95,105)(H,96,115)/t65?,66?,67?,68-,71+,72?,73?,74?,81?,82?,83?,84?,85?,86?,87?,88?,89?,92?/m1/s1. The first kappa shape index (κ1) is 118. The normalized spacial score (nSPS) is 24.5. The van der Waals surface area contributed by atoms with E-state index < -0.39 is 123 Å². The number of Topliss-reactive ketones (excluding diaryl/α,β-unsaturated/α-hetero) is 2. The molecule has 5 amide bonds. The zero-order valence-corrected chi connectivity index (χ0v) is 80.5. The first-order valence-corrected chi connectivity index (χ1v) is 50.4. The highest BCUT2D eigenvalue weighted by atomic mass is 33.1. The number of aliphatic hydroxyl groups is 9. The first-order valence-electron chi connectivity index (χ1n) is 48.1. The summed E-state index contributed by atoms with van der Waals surface area (Å²) in [6.45, 7) is 12.7. The Labute approximate surface area is 779 Å². The van der Waals surface area contributed by atoms with Crippen molar-refractivity contribution in [2.75, 3.05) is 145 Å². The van der Waals surface area contributed by atoms with Crippen LogP contribution in [0.4, 0.5) is 4.79 Å². The van der Waals surface area contributed by atoms with E-state index in [-0.39, 0.29) is 162 Å². The summed E-state index contributed by atoms with van der Waals surface area (Å²) in [6, 6.07) is 0.00272. The molecule has 13 N–H and O–H groups in total. The molecule has 15 unspecified atom stereocenters. The zero-order chi connectivity index (χ0) is 95.3. The zero-order valence-electron chi connectivity index (χ0n) is 78.9. The van der Waals surface area contributed by atoms with Crippen molar-refractivity contribution < 1.29 is 151 Å². The van der Waals surface area contributed by atoms with Crippen LogP contribution < -0.4 is 21.3 Å². The predicted octanol–water partition coefficient (Wildman–Crippen LogP) is 7.05. The van der Waals surface area contributed by atoms with Gasteiger partial charge in [0.25, 0.3) is 0 Å². The maximum atomic E-state index is 14.2. The van der Waals surface area contributed by atoms with Crippen LogP contribution in [0.15, 0.2) is 0 Å². The van der Waals surface area contributed by atoms with E-state index in [0.717, 1.165) is 77.0 Å². The van der Waals surface area contributed by atoms with Crippen LogP contribution in [0.1, 0.15) is 272 Å². The van der Waals surface area contributed by atoms with Crippen molar-refractivity contribution in [2.45, 2.75) is 363 Å². The minimum atomic E-state index is -1.23. The number of nitrogens with zero attached hydrogens (tertiary/aromatic N) is 1. The Kier molecular flexibility index (Phi) is 63.4. The van der Waals surface area contributed by atoms with Crippen LogP contribution in [-0.2, 0) is 99.9 Å². The quantitative estimate of drug-likeness (QED) is 0.0125. The highest BCUT2D eigenvalue weighted by molar-refractivity contribution is 8.77. The average molecular weight is 1900 g/mol. The molecule has 4 rings (SSSR count). The second-order valence-electron chi connectivity index (χ2n) is 35.8. The number of nitrogens with one attached hydrogen (secondary N) is 4. The van der Waals surface area contributed by atoms with Crippen molar-refractivity contribution >= 4 is 74.8 Å². The molecule has 130 heavy (non-hydrogen) atoms. The monoisotopic (exact) mass is 1900 g/mol. The highest BCUT2D eigenvalue weighted by Gasteiger charge is 2.46. The molecule has 4 aliphatic heterocycles. The lowest BCUT2D eigenvalue weighted by molar-refractivity contribution is -0.282. The summed E-state index contributed by atoms with van der Waals surface area (Å²) in [6.07, 6.45) is 6.83. The van der Waals surface area contributed by atoms with Gasteiger partial charge in [0.1, 0.15) is 48.2 Å². The van der Waals surface area contributed by atoms with Gasteiger partial charge in [-0.15, -0.1) is 0 Å². The fraction of sp³-hybridized carbons (Fsp3) is 0.902. The van der Waals surface area contributed by atoms with Crippen LogP contribution in [0.25, 0.3) is 0 Å². The Morgan fingerprint density at radius 1 is 0.408 bits per heavy atom. The van der Waals surface area contributed by atoms with Gasteiger partial charge in [-0.05, 0) is 141 Å². The van der Waals surface area contributed by atoms with E-state index in [1.807, 2.05) is 4.90 Å². The number of rotatable bonds is 77. The number of hydrogen-bond acceptors (Lipinski definition) is 33. The lowest BCUT2D eigenvalue weighted by Gasteiger charge is -2.40. The molecule has 0 aromatic carbocycles. The van der Waals surface area contributed by atoms with Gasteiger partial charge >= 0.3 is 18.0 Å². The van der Waals surface area contributed by atoms with Gasteiger partial charge < -0.3 is 134 Å². The number of carbonyl (C=O) groups is 9. The minimum Gasteiger partial charge on any atom is -0.466 e. The van der Waals surface area contributed by atoms with E-state index in [1.54, 1.807) is 56.6 Å². The summed E-state index contributed by atoms with van der Waals surface area (Å²) in [5.74, 6) is -1.76. The maximum absolute atomic E-state index is 14.2. The predicted molar refractivity (Wildman–Crippen MR) is 486 cm³/mol. The number of amides is 5. The lowest BCUT2D eigenvalue weighted by Crippen LogP contribution is -2.55. The number of unbranched alkanes of at least 4 members (excludes halogenated alkanes) is 12. The van der Waals surface area contributed by atoms with Gasteiger partial charge in [-0.25, -0.2) is 4.79 Å². The Bertz CT molecular complexity index is 2860. The number of esters is 2. The van der Waals surface area contributed by atoms with Crippen LogP contribution in [0.2, 0.25) is 0 Å². The second kappa shape index (κ2) is 70.1. The molecule has 756 valence electrons. The third-order valence-corrected chi connectivity index (χ3v) is 27.7. The molecule has 0 radical (unpaired) electrons. The van der Waals surface area contributed by atoms with Crippen molar-refractivity contribution in [2.24, 2.45) is 23.2 Å². The number of aliphatic hydroxyl groups excluding tert-OH is 9. The molecular weight excluding hydrogens is 1740 g/mol. The van der Waals surface area contributed by atoms with E-state index in [9.17, 15) is 89.1 Å². The summed E-state index contributed by atoms with van der Waals surface area (Å²) in [7, 11) is 6.68. The van der Waals surface area contributed by atoms with E-state index in [1.165, 1.54) is 0 Å². The molecule has 0 bridgehead atoms. The molecule has 17 atom stereocenters. The van der Waals surface area contributed by atoms with Crippen LogP contribution in [0.5, 0.6) is 0 Å². The average Bonchev–Trinajstić information content (AvgIpc) is 0.931. The molecular formula is C92H165N5O31S2. The number of likely N-dealkylation sites (tertiary alicyclic amines) is 1. The van der Waals surface area contributed by atoms with Crippen molar-refractivity contribution in [1.82, 2.24) is 26.2 Å². The van der Waals surface area contributed by atoms with Gasteiger partial charge in [0.2, 0.25) is 23.6 Å². The fourth-order valence-electron chi connectivity index (χ4n) is 16.2. The summed E-state index contributed by atoms with van der Waals surface area (Å²) in [5.41, 5.74) is -0.683. The maximum Gasteiger partial charge on any atom is 0.407 e. The number of ether oxygens (including phenoxy) is 13. The van der Waals surface area contributed by atoms with E-state index in [0.29, 0.717) is 174 Å². The van der Waals surface area contributed by atoms with Gasteiger partial charge in [-0.1, -0.05) is 93.7 Å². The smallest absolute Gasteiger partial charge is 0.407 e. The minimum absolute atomic E-state index is 0.00272. The molecule has 4 saturated heterocycles. The van der Waals surface area contributed by atoms with Gasteiger partial charge in [0.15, 0.2) is 18.9 Å². The van der Waals surface area contributed by atoms with Crippen LogP contribution >= 0.6 is 21.6 Å². The van der Waals surface area contributed by atoms with Crippen LogP contribution in [0.3, 0.4) is 0 Å². The van der Waals surface area contributed by atoms with Gasteiger partial charge in [-0.2, -0.15) is 0 Å². The van der Waals surface area contributed by atoms with Crippen LogP contribution in [-0.4, -0.2) is 340 Å².